The van der Waals surface area contributed by atoms with E-state index in [1.807, 2.05) is 0 Å². The molecule has 1 fully saturated rings. The van der Waals surface area contributed by atoms with Gasteiger partial charge in [0.25, 0.3) is 11.1 Å². The number of carbonyl (C=O) groups is 2. The van der Waals surface area contributed by atoms with Crippen LogP contribution in [0.3, 0.4) is 0 Å². The molecule has 9 heteroatoms. The molecule has 1 saturated heterocycles. The van der Waals surface area contributed by atoms with Gasteiger partial charge in [0, 0.05) is 5.39 Å². The minimum absolute atomic E-state index is 0.244. The second-order valence-corrected chi connectivity index (χ2v) is 7.93. The Balaban J connectivity index is 1.68. The van der Waals surface area contributed by atoms with Gasteiger partial charge in [0.05, 0.1) is 20.6 Å². The number of thioether (sulfide) groups is 1. The Bertz CT molecular complexity index is 1150. The maximum atomic E-state index is 11.7. The molecule has 3 aromatic rings. The molecule has 1 atom stereocenters. The number of nitrogens with one attached hydrogen (secondary N) is 1. The topological polar surface area (TPSA) is 106 Å². The van der Waals surface area contributed by atoms with Crippen LogP contribution in [-0.2, 0) is 4.79 Å². The summed E-state index contributed by atoms with van der Waals surface area (Å²) in [5, 5.41) is 13.7. The number of nitrogen functional groups attached to an aromatic ring is 1. The number of aliphatic hydroxyl groups is 1. The number of carbonyl (C=O) groups excluding carboxylic acids is 2. The first kappa shape index (κ1) is 18.9. The van der Waals surface area contributed by atoms with Crippen molar-refractivity contribution in [1.29, 1.82) is 0 Å². The number of rotatable bonds is 3. The van der Waals surface area contributed by atoms with Gasteiger partial charge in [0.2, 0.25) is 0 Å². The van der Waals surface area contributed by atoms with Crippen molar-refractivity contribution in [2.75, 3.05) is 5.73 Å². The highest BCUT2D eigenvalue weighted by Crippen LogP contribution is 2.35. The van der Waals surface area contributed by atoms with Gasteiger partial charge in [0.1, 0.15) is 17.4 Å². The lowest BCUT2D eigenvalue weighted by molar-refractivity contribution is -0.115. The Hall–Kier alpha value is -2.45. The lowest BCUT2D eigenvalue weighted by atomic mass is 10.1. The van der Waals surface area contributed by atoms with Gasteiger partial charge >= 0.3 is 0 Å². The van der Waals surface area contributed by atoms with Crippen LogP contribution in [0.25, 0.3) is 17.0 Å². The fourth-order valence-electron chi connectivity index (χ4n) is 2.81. The zero-order valence-corrected chi connectivity index (χ0v) is 16.4. The van der Waals surface area contributed by atoms with Crippen molar-refractivity contribution in [3.8, 4) is 0 Å². The minimum atomic E-state index is -1.08. The average Bonchev–Trinajstić information content (AvgIpc) is 3.21. The van der Waals surface area contributed by atoms with Crippen molar-refractivity contribution in [3.63, 3.8) is 0 Å². The Morgan fingerprint density at radius 1 is 1.14 bits per heavy atom. The van der Waals surface area contributed by atoms with Gasteiger partial charge in [-0.25, -0.2) is 0 Å². The number of halogens is 2. The van der Waals surface area contributed by atoms with Crippen molar-refractivity contribution in [2.45, 2.75) is 6.10 Å². The Kier molecular flexibility index (Phi) is 4.84. The maximum Gasteiger partial charge on any atom is 0.290 e. The zero-order valence-electron chi connectivity index (χ0n) is 14.0. The first-order valence-corrected chi connectivity index (χ1v) is 9.60. The van der Waals surface area contributed by atoms with E-state index < -0.39 is 17.3 Å². The summed E-state index contributed by atoms with van der Waals surface area (Å²) in [5.41, 5.74) is 7.70. The van der Waals surface area contributed by atoms with Gasteiger partial charge in [-0.05, 0) is 59.3 Å². The van der Waals surface area contributed by atoms with Gasteiger partial charge < -0.3 is 15.3 Å². The number of fused-ring (bicyclic) bond motifs is 1. The second kappa shape index (κ2) is 7.18. The molecule has 1 aromatic heterocycles. The molecule has 1 aliphatic rings. The second-order valence-electron chi connectivity index (χ2n) is 6.10. The van der Waals surface area contributed by atoms with E-state index in [4.69, 9.17) is 33.4 Å². The molecule has 0 aliphatic carbocycles. The van der Waals surface area contributed by atoms with Crippen LogP contribution in [0.15, 0.2) is 45.7 Å². The molecule has 0 spiro atoms. The number of hydrogen-bond acceptors (Lipinski definition) is 6. The first-order chi connectivity index (χ1) is 13.3. The van der Waals surface area contributed by atoms with E-state index in [1.54, 1.807) is 30.3 Å². The van der Waals surface area contributed by atoms with Gasteiger partial charge in [-0.2, -0.15) is 0 Å². The van der Waals surface area contributed by atoms with Gasteiger partial charge in [-0.3, -0.25) is 14.9 Å². The van der Waals surface area contributed by atoms with Crippen LogP contribution in [0.1, 0.15) is 23.0 Å². The number of amides is 2. The summed E-state index contributed by atoms with van der Waals surface area (Å²) < 4.78 is 5.73. The van der Waals surface area contributed by atoms with Crippen LogP contribution in [0.4, 0.5) is 10.5 Å². The molecule has 6 nitrogen and oxygen atoms in total. The van der Waals surface area contributed by atoms with Crippen molar-refractivity contribution in [1.82, 2.24) is 5.32 Å². The summed E-state index contributed by atoms with van der Waals surface area (Å²) in [6.07, 6.45) is 0.533. The third-order valence-electron chi connectivity index (χ3n) is 4.19. The molecule has 0 bridgehead atoms. The lowest BCUT2D eigenvalue weighted by Gasteiger charge is -2.10. The molecular weight excluding hydrogens is 423 g/mol. The third-order valence-corrected chi connectivity index (χ3v) is 5.62. The van der Waals surface area contributed by atoms with Gasteiger partial charge in [-0.1, -0.05) is 29.3 Å². The fraction of sp³-hybridized carbons (Fsp3) is 0.0526. The molecule has 28 heavy (non-hydrogen) atoms. The van der Waals surface area contributed by atoms with Crippen molar-refractivity contribution in [3.05, 3.63) is 68.2 Å². The van der Waals surface area contributed by atoms with Gasteiger partial charge in [0.15, 0.2) is 0 Å². The van der Waals surface area contributed by atoms with Crippen LogP contribution in [0.2, 0.25) is 10.0 Å². The summed E-state index contributed by atoms with van der Waals surface area (Å²) in [4.78, 5) is 23.3. The number of benzene rings is 2. The van der Waals surface area contributed by atoms with Gasteiger partial charge in [-0.15, -0.1) is 0 Å². The predicted octanol–water partition coefficient (Wildman–Crippen LogP) is 4.73. The number of hydrogen-bond donors (Lipinski definition) is 3. The summed E-state index contributed by atoms with van der Waals surface area (Å²) >= 11 is 12.9. The molecule has 142 valence electrons. The minimum Gasteiger partial charge on any atom is -0.458 e. The van der Waals surface area contributed by atoms with E-state index in [9.17, 15) is 14.7 Å². The smallest absolute Gasteiger partial charge is 0.290 e. The van der Waals surface area contributed by atoms with E-state index in [0.29, 0.717) is 21.8 Å². The molecule has 2 heterocycles. The molecule has 1 unspecified atom stereocenters. The lowest BCUT2D eigenvalue weighted by Crippen LogP contribution is -2.17. The van der Waals surface area contributed by atoms with Crippen LogP contribution in [0, 0.1) is 0 Å². The summed E-state index contributed by atoms with van der Waals surface area (Å²) in [7, 11) is 0. The van der Waals surface area contributed by atoms with Crippen LogP contribution >= 0.6 is 35.0 Å². The van der Waals surface area contributed by atoms with Crippen molar-refractivity contribution >= 4 is 68.8 Å². The highest BCUT2D eigenvalue weighted by Gasteiger charge is 2.25. The number of imide groups is 1. The van der Waals surface area contributed by atoms with Crippen LogP contribution < -0.4 is 11.1 Å². The summed E-state index contributed by atoms with van der Waals surface area (Å²) in [5.74, 6) is -0.115. The molecule has 4 N–H and O–H groups in total. The first-order valence-electron chi connectivity index (χ1n) is 8.02. The van der Waals surface area contributed by atoms with Crippen molar-refractivity contribution in [2.24, 2.45) is 0 Å². The normalized spacial score (nSPS) is 16.8. The number of furan rings is 1. The predicted molar refractivity (Wildman–Crippen MR) is 110 cm³/mol. The molecular formula is C19H12Cl2N2O4S. The van der Waals surface area contributed by atoms with E-state index in [-0.39, 0.29) is 15.7 Å². The fourth-order valence-corrected chi connectivity index (χ4v) is 3.99. The monoisotopic (exact) mass is 434 g/mol. The highest BCUT2D eigenvalue weighted by atomic mass is 35.5. The van der Waals surface area contributed by atoms with E-state index >= 15 is 0 Å². The van der Waals surface area contributed by atoms with E-state index in [1.165, 1.54) is 12.1 Å². The standard InChI is InChI=1S/C19H12Cl2N2O4S/c20-11-5-10(6-12(21)16(11)22)17(24)14-7-9-3-8(1-2-13(9)27-14)4-15-18(25)23-19(26)28-15/h1-7,17,24H,22H2,(H,23,25,26). The molecule has 0 radical (unpaired) electrons. The van der Waals surface area contributed by atoms with Crippen LogP contribution in [0.5, 0.6) is 0 Å². The maximum absolute atomic E-state index is 11.7. The largest absolute Gasteiger partial charge is 0.458 e. The zero-order chi connectivity index (χ0) is 20.0. The Labute approximate surface area is 173 Å². The van der Waals surface area contributed by atoms with Crippen LogP contribution in [-0.4, -0.2) is 16.3 Å². The number of aliphatic hydroxyl groups excluding tert-OH is 1. The molecule has 2 amide bonds. The quantitative estimate of drug-likeness (QED) is 0.406. The highest BCUT2D eigenvalue weighted by molar-refractivity contribution is 8.18. The molecule has 1 aliphatic heterocycles. The van der Waals surface area contributed by atoms with E-state index in [2.05, 4.69) is 5.32 Å². The molecule has 4 rings (SSSR count). The summed E-state index contributed by atoms with van der Waals surface area (Å²) in [6, 6.07) is 10.0. The third kappa shape index (κ3) is 3.49. The molecule has 2 aromatic carbocycles. The molecule has 0 saturated carbocycles. The van der Waals surface area contributed by atoms with E-state index in [0.717, 1.165) is 22.7 Å². The van der Waals surface area contributed by atoms with Crippen molar-refractivity contribution < 1.29 is 19.1 Å². The SMILES string of the molecule is Nc1c(Cl)cc(C(O)c2cc3cc(C=C4SC(=O)NC4=O)ccc3o2)cc1Cl. The Morgan fingerprint density at radius 3 is 2.50 bits per heavy atom. The average molecular weight is 435 g/mol. The Morgan fingerprint density at radius 2 is 1.86 bits per heavy atom. The number of nitrogens with two attached hydrogens (primary N) is 1. The number of anilines is 1. The summed E-state index contributed by atoms with van der Waals surface area (Å²) in [6.45, 7) is 0.